The third-order valence-corrected chi connectivity index (χ3v) is 9.54. The molecule has 43 heavy (non-hydrogen) atoms. The number of halogens is 1. The van der Waals surface area contributed by atoms with Crippen LogP contribution in [0.15, 0.2) is 66.9 Å². The van der Waals surface area contributed by atoms with Crippen molar-refractivity contribution in [3.05, 3.63) is 94.5 Å². The number of rotatable bonds is 5. The minimum atomic E-state index is -0.151. The van der Waals surface area contributed by atoms with E-state index in [0.29, 0.717) is 16.9 Å². The Balaban J connectivity index is 1.31. The standard InChI is InChI=1S/C34H36ClN5O2S/c1-20-13-21(2)18-38(17-20)29-10-8-24(15-27(29)35)40-33(32(37-34(40)43)28-7-5-6-12-36-28)26-14-22(3)39(23(26)4)25-9-11-30-31(16-25)42-19-41-30/h5-12,14-16,20-21,32-33H,13,17-19H2,1-4H3,(H,37,43)/t20-,21+,32-,33-/m1/s1. The third-order valence-electron chi connectivity index (χ3n) is 8.92. The number of hydrogen-bond acceptors (Lipinski definition) is 5. The Morgan fingerprint density at radius 2 is 1.70 bits per heavy atom. The molecule has 3 aliphatic heterocycles. The number of fused-ring (bicyclic) bond motifs is 1. The Morgan fingerprint density at radius 1 is 0.930 bits per heavy atom. The second kappa shape index (κ2) is 11.1. The number of nitrogens with one attached hydrogen (secondary N) is 1. The number of pyridine rings is 1. The van der Waals surface area contributed by atoms with Gasteiger partial charge in [0.05, 0.1) is 28.5 Å². The van der Waals surface area contributed by atoms with E-state index in [1.807, 2.05) is 30.5 Å². The zero-order valence-corrected chi connectivity index (χ0v) is 26.5. The summed E-state index contributed by atoms with van der Waals surface area (Å²) in [7, 11) is 0. The normalized spacial score (nSPS) is 23.1. The maximum atomic E-state index is 7.05. The van der Waals surface area contributed by atoms with Crippen molar-refractivity contribution in [1.29, 1.82) is 0 Å². The van der Waals surface area contributed by atoms with Crippen LogP contribution in [0, 0.1) is 25.7 Å². The van der Waals surface area contributed by atoms with Crippen LogP contribution in [-0.2, 0) is 0 Å². The van der Waals surface area contributed by atoms with Crippen LogP contribution in [0.25, 0.3) is 5.69 Å². The maximum Gasteiger partial charge on any atom is 0.231 e. The summed E-state index contributed by atoms with van der Waals surface area (Å²) < 4.78 is 13.5. The van der Waals surface area contributed by atoms with Crippen molar-refractivity contribution in [2.45, 2.75) is 46.2 Å². The second-order valence-corrected chi connectivity index (χ2v) is 13.0. The lowest BCUT2D eigenvalue weighted by Crippen LogP contribution is -2.38. The summed E-state index contributed by atoms with van der Waals surface area (Å²) in [5.41, 5.74) is 7.41. The SMILES string of the molecule is Cc1cc([C@@H]2[C@@H](c3ccccn3)NC(=S)N2c2ccc(N3C[C@H](C)C[C@H](C)C3)c(Cl)c2)c(C)n1-c1ccc2c(c1)OCO2. The van der Waals surface area contributed by atoms with Crippen molar-refractivity contribution in [1.82, 2.24) is 14.9 Å². The van der Waals surface area contributed by atoms with Gasteiger partial charge in [0.2, 0.25) is 6.79 Å². The van der Waals surface area contributed by atoms with Gasteiger partial charge in [-0.1, -0.05) is 31.5 Å². The lowest BCUT2D eigenvalue weighted by atomic mass is 9.91. The Morgan fingerprint density at radius 3 is 2.44 bits per heavy atom. The van der Waals surface area contributed by atoms with Gasteiger partial charge in [-0.25, -0.2) is 0 Å². The quantitative estimate of drug-likeness (QED) is 0.234. The van der Waals surface area contributed by atoms with Gasteiger partial charge in [-0.3, -0.25) is 4.98 Å². The second-order valence-electron chi connectivity index (χ2n) is 12.2. The van der Waals surface area contributed by atoms with Crippen LogP contribution in [0.1, 0.15) is 55.0 Å². The fourth-order valence-electron chi connectivity index (χ4n) is 7.22. The minimum Gasteiger partial charge on any atom is -0.454 e. The molecule has 0 unspecified atom stereocenters. The van der Waals surface area contributed by atoms with Gasteiger partial charge in [-0.05, 0) is 98.4 Å². The van der Waals surface area contributed by atoms with Crippen LogP contribution in [0.2, 0.25) is 5.02 Å². The van der Waals surface area contributed by atoms with E-state index in [4.69, 9.17) is 38.3 Å². The van der Waals surface area contributed by atoms with Gasteiger partial charge in [0, 0.05) is 48.1 Å². The van der Waals surface area contributed by atoms with Crippen LogP contribution in [0.3, 0.4) is 0 Å². The molecule has 1 N–H and O–H groups in total. The topological polar surface area (TPSA) is 54.8 Å². The molecule has 7 nitrogen and oxygen atoms in total. The highest BCUT2D eigenvalue weighted by atomic mass is 35.5. The molecule has 0 radical (unpaired) electrons. The van der Waals surface area contributed by atoms with Crippen molar-refractivity contribution in [2.24, 2.45) is 11.8 Å². The molecule has 4 atom stereocenters. The lowest BCUT2D eigenvalue weighted by Gasteiger charge is -2.37. The van der Waals surface area contributed by atoms with Gasteiger partial charge in [0.15, 0.2) is 16.6 Å². The molecule has 2 saturated heterocycles. The molecule has 0 bridgehead atoms. The molecule has 222 valence electrons. The van der Waals surface area contributed by atoms with Crippen molar-refractivity contribution in [3.63, 3.8) is 0 Å². The molecule has 2 fully saturated rings. The third kappa shape index (κ3) is 5.00. The number of ether oxygens (including phenoxy) is 2. The monoisotopic (exact) mass is 613 g/mol. The highest BCUT2D eigenvalue weighted by Gasteiger charge is 2.42. The molecule has 5 heterocycles. The molecular formula is C34H36ClN5O2S. The Labute approximate surface area is 263 Å². The number of nitrogens with zero attached hydrogens (tertiary/aromatic N) is 4. The maximum absolute atomic E-state index is 7.05. The first-order valence-corrected chi connectivity index (χ1v) is 15.7. The Hall–Kier alpha value is -3.75. The van der Waals surface area contributed by atoms with Gasteiger partial charge in [-0.15, -0.1) is 0 Å². The zero-order chi connectivity index (χ0) is 29.8. The van der Waals surface area contributed by atoms with Crippen LogP contribution in [-0.4, -0.2) is 34.5 Å². The molecule has 2 aromatic carbocycles. The smallest absolute Gasteiger partial charge is 0.231 e. The van der Waals surface area contributed by atoms with E-state index >= 15 is 0 Å². The molecule has 0 spiro atoms. The summed E-state index contributed by atoms with van der Waals surface area (Å²) in [4.78, 5) is 9.38. The lowest BCUT2D eigenvalue weighted by molar-refractivity contribution is 0.174. The molecule has 2 aromatic heterocycles. The first-order valence-electron chi connectivity index (χ1n) is 14.9. The van der Waals surface area contributed by atoms with E-state index in [0.717, 1.165) is 69.3 Å². The summed E-state index contributed by atoms with van der Waals surface area (Å²) in [6.45, 7) is 11.2. The predicted octanol–water partition coefficient (Wildman–Crippen LogP) is 7.53. The van der Waals surface area contributed by atoms with E-state index in [2.05, 4.69) is 83.8 Å². The van der Waals surface area contributed by atoms with Gasteiger partial charge < -0.3 is 29.2 Å². The van der Waals surface area contributed by atoms with E-state index in [9.17, 15) is 0 Å². The number of anilines is 2. The predicted molar refractivity (Wildman–Crippen MR) is 176 cm³/mol. The largest absolute Gasteiger partial charge is 0.454 e. The molecular weight excluding hydrogens is 578 g/mol. The summed E-state index contributed by atoms with van der Waals surface area (Å²) in [5, 5.41) is 5.00. The molecule has 4 aromatic rings. The highest BCUT2D eigenvalue weighted by Crippen LogP contribution is 2.46. The fourth-order valence-corrected chi connectivity index (χ4v) is 7.86. The average molecular weight is 614 g/mol. The minimum absolute atomic E-state index is 0.145. The number of benzene rings is 2. The summed E-state index contributed by atoms with van der Waals surface area (Å²) in [5.74, 6) is 2.80. The number of piperidine rings is 1. The van der Waals surface area contributed by atoms with Crippen LogP contribution in [0.4, 0.5) is 11.4 Å². The Bertz CT molecular complexity index is 1680. The van der Waals surface area contributed by atoms with E-state index < -0.39 is 0 Å². The van der Waals surface area contributed by atoms with Gasteiger partial charge in [-0.2, -0.15) is 0 Å². The van der Waals surface area contributed by atoms with Crippen LogP contribution in [0.5, 0.6) is 11.5 Å². The molecule has 3 aliphatic rings. The molecule has 7 rings (SSSR count). The van der Waals surface area contributed by atoms with Crippen LogP contribution >= 0.6 is 23.8 Å². The fraction of sp³-hybridized carbons (Fsp3) is 0.353. The van der Waals surface area contributed by atoms with Crippen molar-refractivity contribution < 1.29 is 9.47 Å². The highest BCUT2D eigenvalue weighted by molar-refractivity contribution is 7.80. The Kier molecular flexibility index (Phi) is 7.22. The summed E-state index contributed by atoms with van der Waals surface area (Å²) >= 11 is 13.1. The summed E-state index contributed by atoms with van der Waals surface area (Å²) in [6.07, 6.45) is 3.09. The number of thiocarbonyl (C=S) groups is 1. The molecule has 0 amide bonds. The first kappa shape index (κ1) is 28.0. The van der Waals surface area contributed by atoms with Crippen LogP contribution < -0.4 is 24.6 Å². The number of hydrogen-bond donors (Lipinski definition) is 1. The summed E-state index contributed by atoms with van der Waals surface area (Å²) in [6, 6.07) is 20.5. The van der Waals surface area contributed by atoms with Crippen molar-refractivity contribution in [2.75, 3.05) is 29.7 Å². The van der Waals surface area contributed by atoms with E-state index in [1.54, 1.807) is 0 Å². The van der Waals surface area contributed by atoms with Crippen molar-refractivity contribution >= 4 is 40.3 Å². The average Bonchev–Trinajstić information content (AvgIpc) is 3.67. The molecule has 0 aliphatic carbocycles. The number of aryl methyl sites for hydroxylation is 1. The van der Waals surface area contributed by atoms with Gasteiger partial charge >= 0.3 is 0 Å². The first-order chi connectivity index (χ1) is 20.8. The van der Waals surface area contributed by atoms with Crippen molar-refractivity contribution in [3.8, 4) is 17.2 Å². The molecule has 9 heteroatoms. The van der Waals surface area contributed by atoms with Gasteiger partial charge in [0.25, 0.3) is 0 Å². The van der Waals surface area contributed by atoms with Gasteiger partial charge in [0.1, 0.15) is 0 Å². The van der Waals surface area contributed by atoms with E-state index in [-0.39, 0.29) is 18.9 Å². The molecule has 0 saturated carbocycles. The van der Waals surface area contributed by atoms with E-state index in [1.165, 1.54) is 6.42 Å². The number of aromatic nitrogens is 2. The zero-order valence-electron chi connectivity index (χ0n) is 24.9.